The van der Waals surface area contributed by atoms with E-state index in [-0.39, 0.29) is 11.8 Å². The number of nitrogens with one attached hydrogen (secondary N) is 1. The summed E-state index contributed by atoms with van der Waals surface area (Å²) in [6.45, 7) is 0.720. The average molecular weight is 296 g/mol. The van der Waals surface area contributed by atoms with Crippen LogP contribution in [0.5, 0.6) is 0 Å². The van der Waals surface area contributed by atoms with Gasteiger partial charge < -0.3 is 11.1 Å². The molecule has 19 heavy (non-hydrogen) atoms. The fraction of sp³-hybridized carbons (Fsp3) is 0.571. The van der Waals surface area contributed by atoms with Gasteiger partial charge >= 0.3 is 0 Å². The summed E-state index contributed by atoms with van der Waals surface area (Å²) in [5.74, 6) is 0.236. The van der Waals surface area contributed by atoms with E-state index in [2.05, 4.69) is 16.8 Å². The molecule has 0 radical (unpaired) electrons. The summed E-state index contributed by atoms with van der Waals surface area (Å²) in [7, 11) is 0. The number of carbonyl (C=O) groups excluding carboxylic acids is 1. The third-order valence-corrected chi connectivity index (χ3v) is 4.72. The van der Waals surface area contributed by atoms with E-state index in [1.165, 1.54) is 10.4 Å². The molecule has 2 rings (SSSR count). The molecular formula is C14H20N2OS2. The molecule has 1 unspecified atom stereocenters. The molecule has 1 aromatic heterocycles. The van der Waals surface area contributed by atoms with Crippen LogP contribution in [0, 0.1) is 0 Å². The van der Waals surface area contributed by atoms with E-state index in [4.69, 9.17) is 18.0 Å². The quantitative estimate of drug-likeness (QED) is 0.627. The molecule has 0 saturated carbocycles. The highest BCUT2D eigenvalue weighted by atomic mass is 32.1. The maximum atomic E-state index is 12.2. The van der Waals surface area contributed by atoms with Crippen molar-refractivity contribution in [1.82, 2.24) is 5.32 Å². The topological polar surface area (TPSA) is 55.1 Å². The fourth-order valence-corrected chi connectivity index (χ4v) is 3.65. The van der Waals surface area contributed by atoms with Crippen LogP contribution in [0.25, 0.3) is 0 Å². The maximum absolute atomic E-state index is 12.2. The Hall–Kier alpha value is -0.940. The van der Waals surface area contributed by atoms with Crippen LogP contribution in [-0.4, -0.2) is 17.4 Å². The van der Waals surface area contributed by atoms with Crippen LogP contribution in [0.4, 0.5) is 0 Å². The number of carbonyl (C=O) groups is 1. The van der Waals surface area contributed by atoms with Gasteiger partial charge in [0.15, 0.2) is 0 Å². The molecule has 0 fully saturated rings. The van der Waals surface area contributed by atoms with Crippen LogP contribution < -0.4 is 11.1 Å². The molecule has 1 aromatic rings. The van der Waals surface area contributed by atoms with E-state index in [0.717, 1.165) is 45.1 Å². The Morgan fingerprint density at radius 2 is 2.37 bits per heavy atom. The zero-order valence-electron chi connectivity index (χ0n) is 11.0. The third-order valence-electron chi connectivity index (χ3n) is 3.52. The van der Waals surface area contributed by atoms with E-state index in [9.17, 15) is 4.79 Å². The van der Waals surface area contributed by atoms with Crippen molar-refractivity contribution in [2.45, 2.75) is 44.4 Å². The van der Waals surface area contributed by atoms with E-state index in [1.807, 2.05) is 0 Å². The van der Waals surface area contributed by atoms with Gasteiger partial charge in [-0.3, -0.25) is 4.79 Å². The molecule has 3 nitrogen and oxygen atoms in total. The lowest BCUT2D eigenvalue weighted by molar-refractivity contribution is -0.122. The first kappa shape index (κ1) is 14.5. The van der Waals surface area contributed by atoms with Crippen molar-refractivity contribution in [3.63, 3.8) is 0 Å². The molecule has 1 heterocycles. The number of thiocarbonyl (C=S) groups is 1. The largest absolute Gasteiger partial charge is 0.393 e. The normalized spacial score (nSPS) is 17.8. The third kappa shape index (κ3) is 4.01. The molecule has 1 aliphatic carbocycles. The molecule has 5 heteroatoms. The van der Waals surface area contributed by atoms with E-state index < -0.39 is 0 Å². The van der Waals surface area contributed by atoms with Crippen molar-refractivity contribution in [2.24, 2.45) is 5.73 Å². The molecule has 0 aliphatic heterocycles. The summed E-state index contributed by atoms with van der Waals surface area (Å²) < 4.78 is 0. The van der Waals surface area contributed by atoms with Gasteiger partial charge in [-0.2, -0.15) is 0 Å². The summed E-state index contributed by atoms with van der Waals surface area (Å²) in [6.07, 6.45) is 5.87. The van der Waals surface area contributed by atoms with Crippen molar-refractivity contribution in [3.05, 3.63) is 21.9 Å². The SMILES string of the molecule is NC(=S)CCCCNC(=O)C1CCCc2sccc21. The van der Waals surface area contributed by atoms with Gasteiger partial charge in [0.25, 0.3) is 0 Å². The Balaban J connectivity index is 1.77. The summed E-state index contributed by atoms with van der Waals surface area (Å²) >= 11 is 6.60. The Bertz CT molecular complexity index is 456. The number of fused-ring (bicyclic) bond motifs is 1. The second-order valence-electron chi connectivity index (χ2n) is 4.96. The Labute approximate surface area is 123 Å². The average Bonchev–Trinajstić information content (AvgIpc) is 2.85. The number of amides is 1. The lowest BCUT2D eigenvalue weighted by atomic mass is 9.87. The van der Waals surface area contributed by atoms with Crippen molar-refractivity contribution in [3.8, 4) is 0 Å². The Morgan fingerprint density at radius 1 is 1.53 bits per heavy atom. The van der Waals surface area contributed by atoms with Gasteiger partial charge in [-0.15, -0.1) is 11.3 Å². The number of rotatable bonds is 6. The summed E-state index contributed by atoms with van der Waals surface area (Å²) in [5, 5.41) is 5.13. The van der Waals surface area contributed by atoms with E-state index >= 15 is 0 Å². The standard InChI is InChI=1S/C14H20N2OS2/c15-13(18)6-1-2-8-16-14(17)11-4-3-5-12-10(11)7-9-19-12/h7,9,11H,1-6,8H2,(H2,15,18)(H,16,17). The van der Waals surface area contributed by atoms with Crippen LogP contribution in [0.1, 0.15) is 48.5 Å². The minimum absolute atomic E-state index is 0.0607. The zero-order chi connectivity index (χ0) is 13.7. The first-order valence-corrected chi connectivity index (χ1v) is 8.09. The summed E-state index contributed by atoms with van der Waals surface area (Å²) in [4.78, 5) is 14.1. The second-order valence-corrected chi connectivity index (χ2v) is 6.48. The highest BCUT2D eigenvalue weighted by Gasteiger charge is 2.26. The monoisotopic (exact) mass is 296 g/mol. The molecule has 1 atom stereocenters. The van der Waals surface area contributed by atoms with Crippen molar-refractivity contribution >= 4 is 34.5 Å². The van der Waals surface area contributed by atoms with Crippen molar-refractivity contribution < 1.29 is 4.79 Å². The number of hydrogen-bond acceptors (Lipinski definition) is 3. The number of nitrogens with two attached hydrogens (primary N) is 1. The van der Waals surface area contributed by atoms with Crippen molar-refractivity contribution in [1.29, 1.82) is 0 Å². The molecule has 1 amide bonds. The predicted molar refractivity (Wildman–Crippen MR) is 83.6 cm³/mol. The van der Waals surface area contributed by atoms with E-state index in [1.54, 1.807) is 11.3 Å². The molecule has 0 bridgehead atoms. The number of thiophene rings is 1. The van der Waals surface area contributed by atoms with Gasteiger partial charge in [0.1, 0.15) is 0 Å². The van der Waals surface area contributed by atoms with Crippen molar-refractivity contribution in [2.75, 3.05) is 6.54 Å². The maximum Gasteiger partial charge on any atom is 0.227 e. The van der Waals surface area contributed by atoms with Gasteiger partial charge in [-0.1, -0.05) is 12.2 Å². The summed E-state index contributed by atoms with van der Waals surface area (Å²) in [6, 6.07) is 2.11. The minimum atomic E-state index is 0.0607. The minimum Gasteiger partial charge on any atom is -0.393 e. The highest BCUT2D eigenvalue weighted by Crippen LogP contribution is 2.34. The van der Waals surface area contributed by atoms with Crippen LogP contribution in [-0.2, 0) is 11.2 Å². The smallest absolute Gasteiger partial charge is 0.227 e. The molecule has 3 N–H and O–H groups in total. The lowest BCUT2D eigenvalue weighted by Gasteiger charge is -2.21. The number of hydrogen-bond donors (Lipinski definition) is 2. The Morgan fingerprint density at radius 3 is 3.16 bits per heavy atom. The molecule has 1 aliphatic rings. The molecular weight excluding hydrogens is 276 g/mol. The van der Waals surface area contributed by atoms with Crippen LogP contribution in [0.2, 0.25) is 0 Å². The van der Waals surface area contributed by atoms with Gasteiger partial charge in [-0.25, -0.2) is 0 Å². The first-order valence-electron chi connectivity index (χ1n) is 6.81. The summed E-state index contributed by atoms with van der Waals surface area (Å²) in [5.41, 5.74) is 6.69. The highest BCUT2D eigenvalue weighted by molar-refractivity contribution is 7.80. The second kappa shape index (κ2) is 7.01. The molecule has 104 valence electrons. The zero-order valence-corrected chi connectivity index (χ0v) is 12.6. The van der Waals surface area contributed by atoms with Crippen LogP contribution in [0.15, 0.2) is 11.4 Å². The first-order chi connectivity index (χ1) is 9.18. The Kier molecular flexibility index (Phi) is 5.34. The predicted octanol–water partition coefficient (Wildman–Crippen LogP) is 2.74. The lowest BCUT2D eigenvalue weighted by Crippen LogP contribution is -2.31. The van der Waals surface area contributed by atoms with Gasteiger partial charge in [0.2, 0.25) is 5.91 Å². The number of aryl methyl sites for hydroxylation is 1. The molecule has 0 aromatic carbocycles. The van der Waals surface area contributed by atoms with Gasteiger partial charge in [0, 0.05) is 11.4 Å². The van der Waals surface area contributed by atoms with Crippen LogP contribution >= 0.6 is 23.6 Å². The van der Waals surface area contributed by atoms with E-state index in [0.29, 0.717) is 4.99 Å². The van der Waals surface area contributed by atoms with Gasteiger partial charge in [0.05, 0.1) is 10.9 Å². The van der Waals surface area contributed by atoms with Gasteiger partial charge in [-0.05, 0) is 55.5 Å². The molecule has 0 saturated heterocycles. The fourth-order valence-electron chi connectivity index (χ4n) is 2.52. The van der Waals surface area contributed by atoms with Crippen LogP contribution in [0.3, 0.4) is 0 Å². The number of unbranched alkanes of at least 4 members (excludes halogenated alkanes) is 1. The molecule has 0 spiro atoms.